The number of H-pyrrole nitrogens is 1. The average molecular weight is 311 g/mol. The molecule has 3 rings (SSSR count). The molecule has 0 fully saturated rings. The van der Waals surface area contributed by atoms with Crippen molar-refractivity contribution >= 4 is 16.9 Å². The molecule has 1 amide bonds. The molecule has 118 valence electrons. The minimum absolute atomic E-state index is 0.104. The Hall–Kier alpha value is -2.69. The van der Waals surface area contributed by atoms with E-state index < -0.39 is 0 Å². The van der Waals surface area contributed by atoms with Gasteiger partial charge in [-0.3, -0.25) is 4.79 Å². The molecular weight excluding hydrogens is 293 g/mol. The van der Waals surface area contributed by atoms with Crippen LogP contribution in [0, 0.1) is 11.7 Å². The van der Waals surface area contributed by atoms with E-state index in [1.165, 1.54) is 12.1 Å². The highest BCUT2D eigenvalue weighted by molar-refractivity contribution is 5.79. The van der Waals surface area contributed by atoms with Gasteiger partial charge in [-0.25, -0.2) is 9.37 Å². The Balaban J connectivity index is 1.86. The van der Waals surface area contributed by atoms with Gasteiger partial charge in [0.2, 0.25) is 5.91 Å². The van der Waals surface area contributed by atoms with Crippen LogP contribution in [0.15, 0.2) is 48.7 Å². The summed E-state index contributed by atoms with van der Waals surface area (Å²) in [5, 5.41) is 1.00. The average Bonchev–Trinajstić information content (AvgIpc) is 2.95. The number of aromatic amines is 1. The van der Waals surface area contributed by atoms with Crippen molar-refractivity contribution in [1.82, 2.24) is 9.97 Å². The van der Waals surface area contributed by atoms with Crippen LogP contribution >= 0.6 is 0 Å². The number of fused-ring (bicyclic) bond motifs is 1. The number of rotatable bonds is 5. The normalized spacial score (nSPS) is 13.8. The molecule has 1 unspecified atom stereocenters. The fraction of sp³-hybridized carbons (Fsp3) is 0.222. The van der Waals surface area contributed by atoms with Crippen LogP contribution in [-0.4, -0.2) is 15.9 Å². The van der Waals surface area contributed by atoms with E-state index in [9.17, 15) is 9.18 Å². The second-order valence-electron chi connectivity index (χ2n) is 5.79. The third kappa shape index (κ3) is 3.23. The van der Waals surface area contributed by atoms with Gasteiger partial charge in [-0.1, -0.05) is 19.1 Å². The molecule has 0 saturated carbocycles. The number of benzene rings is 1. The van der Waals surface area contributed by atoms with Crippen molar-refractivity contribution in [3.05, 3.63) is 65.7 Å². The Morgan fingerprint density at radius 3 is 2.70 bits per heavy atom. The zero-order valence-electron chi connectivity index (χ0n) is 12.8. The van der Waals surface area contributed by atoms with Crippen molar-refractivity contribution in [3.8, 4) is 0 Å². The number of nitrogens with zero attached hydrogens (tertiary/aromatic N) is 1. The number of pyridine rings is 1. The molecular formula is C18H18FN3O. The van der Waals surface area contributed by atoms with Gasteiger partial charge < -0.3 is 10.7 Å². The van der Waals surface area contributed by atoms with Gasteiger partial charge in [0.25, 0.3) is 0 Å². The maximum atomic E-state index is 13.1. The number of halogens is 1. The lowest BCUT2D eigenvalue weighted by Gasteiger charge is -2.21. The molecule has 0 spiro atoms. The molecule has 2 aromatic heterocycles. The highest BCUT2D eigenvalue weighted by Crippen LogP contribution is 2.28. The van der Waals surface area contributed by atoms with Gasteiger partial charge in [0.1, 0.15) is 11.5 Å². The van der Waals surface area contributed by atoms with E-state index in [1.54, 1.807) is 18.3 Å². The smallest absolute Gasteiger partial charge is 0.221 e. The van der Waals surface area contributed by atoms with E-state index in [0.29, 0.717) is 6.42 Å². The van der Waals surface area contributed by atoms with Gasteiger partial charge in [0, 0.05) is 23.2 Å². The first-order valence-electron chi connectivity index (χ1n) is 7.52. The Kier molecular flexibility index (Phi) is 4.10. The van der Waals surface area contributed by atoms with Crippen LogP contribution < -0.4 is 5.73 Å². The summed E-state index contributed by atoms with van der Waals surface area (Å²) in [4.78, 5) is 19.4. The fourth-order valence-corrected chi connectivity index (χ4v) is 2.88. The lowest BCUT2D eigenvalue weighted by molar-refractivity contribution is -0.122. The maximum absolute atomic E-state index is 13.1. The molecule has 0 saturated heterocycles. The zero-order valence-corrected chi connectivity index (χ0v) is 12.8. The number of hydrogen-bond acceptors (Lipinski definition) is 2. The molecule has 0 bridgehead atoms. The summed E-state index contributed by atoms with van der Waals surface area (Å²) in [6.07, 6.45) is 2.21. The summed E-state index contributed by atoms with van der Waals surface area (Å²) in [5.41, 5.74) is 8.20. The first-order valence-corrected chi connectivity index (χ1v) is 7.52. The van der Waals surface area contributed by atoms with Crippen molar-refractivity contribution in [2.45, 2.75) is 19.3 Å². The van der Waals surface area contributed by atoms with Crippen LogP contribution in [0.25, 0.3) is 11.0 Å². The largest absolute Gasteiger partial charge is 0.369 e. The number of amides is 1. The molecule has 0 aliphatic carbocycles. The number of aromatic nitrogens is 2. The second-order valence-corrected chi connectivity index (χ2v) is 5.79. The molecule has 0 aliphatic heterocycles. The van der Waals surface area contributed by atoms with E-state index in [4.69, 9.17) is 5.73 Å². The van der Waals surface area contributed by atoms with Gasteiger partial charge >= 0.3 is 0 Å². The summed E-state index contributed by atoms with van der Waals surface area (Å²) in [7, 11) is 0. The minimum atomic E-state index is -0.381. The van der Waals surface area contributed by atoms with Crippen LogP contribution in [0.5, 0.6) is 0 Å². The van der Waals surface area contributed by atoms with Gasteiger partial charge in [0.15, 0.2) is 0 Å². The van der Waals surface area contributed by atoms with E-state index in [2.05, 4.69) is 9.97 Å². The molecule has 0 aliphatic rings. The Morgan fingerprint density at radius 1 is 1.30 bits per heavy atom. The highest BCUT2D eigenvalue weighted by Gasteiger charge is 2.25. The predicted molar refractivity (Wildman–Crippen MR) is 87.3 cm³/mol. The zero-order chi connectivity index (χ0) is 16.4. The molecule has 0 radical (unpaired) electrons. The summed E-state index contributed by atoms with van der Waals surface area (Å²) >= 11 is 0. The van der Waals surface area contributed by atoms with E-state index in [1.807, 2.05) is 25.1 Å². The molecule has 4 nitrogen and oxygen atoms in total. The predicted octanol–water partition coefficient (Wildman–Crippen LogP) is 3.15. The molecule has 1 aromatic carbocycles. The highest BCUT2D eigenvalue weighted by atomic mass is 19.1. The molecule has 3 aromatic rings. The van der Waals surface area contributed by atoms with Crippen molar-refractivity contribution in [3.63, 3.8) is 0 Å². The van der Waals surface area contributed by atoms with Crippen molar-refractivity contribution in [1.29, 1.82) is 0 Å². The number of carbonyl (C=O) groups is 1. The molecule has 23 heavy (non-hydrogen) atoms. The van der Waals surface area contributed by atoms with Crippen LogP contribution in [-0.2, 0) is 11.2 Å². The van der Waals surface area contributed by atoms with Crippen molar-refractivity contribution in [2.24, 2.45) is 11.7 Å². The minimum Gasteiger partial charge on any atom is -0.369 e. The third-order valence-corrected chi connectivity index (χ3v) is 4.25. The van der Waals surface area contributed by atoms with Crippen molar-refractivity contribution in [2.75, 3.05) is 0 Å². The number of primary amides is 1. The van der Waals surface area contributed by atoms with Crippen molar-refractivity contribution < 1.29 is 9.18 Å². The van der Waals surface area contributed by atoms with Gasteiger partial charge in [-0.05, 0) is 48.2 Å². The monoisotopic (exact) mass is 311 g/mol. The first kappa shape index (κ1) is 15.2. The van der Waals surface area contributed by atoms with Gasteiger partial charge in [-0.15, -0.1) is 0 Å². The van der Waals surface area contributed by atoms with Gasteiger partial charge in [-0.2, -0.15) is 0 Å². The Labute approximate surface area is 133 Å². The van der Waals surface area contributed by atoms with Crippen LogP contribution in [0.3, 0.4) is 0 Å². The Bertz CT molecular complexity index is 793. The van der Waals surface area contributed by atoms with Crippen LogP contribution in [0.4, 0.5) is 4.39 Å². The van der Waals surface area contributed by atoms with Crippen LogP contribution in [0.2, 0.25) is 0 Å². The quantitative estimate of drug-likeness (QED) is 0.760. The van der Waals surface area contributed by atoms with Gasteiger partial charge in [0.05, 0.1) is 0 Å². The molecule has 2 heterocycles. The second kappa shape index (κ2) is 6.20. The number of nitrogens with two attached hydrogens (primary N) is 1. The fourth-order valence-electron chi connectivity index (χ4n) is 2.88. The molecule has 3 N–H and O–H groups in total. The number of carbonyl (C=O) groups excluding carboxylic acids is 1. The Morgan fingerprint density at radius 2 is 2.04 bits per heavy atom. The topological polar surface area (TPSA) is 71.8 Å². The summed E-state index contributed by atoms with van der Waals surface area (Å²) in [6.45, 7) is 1.93. The van der Waals surface area contributed by atoms with E-state index in [0.717, 1.165) is 22.3 Å². The van der Waals surface area contributed by atoms with E-state index >= 15 is 0 Å². The molecule has 2 atom stereocenters. The SMILES string of the molecule is C[C@H](c1ccc(F)cc1)C(Cc1cc2cccnc2[nH]1)C(N)=O. The summed E-state index contributed by atoms with van der Waals surface area (Å²) in [6, 6.07) is 12.0. The third-order valence-electron chi connectivity index (χ3n) is 4.25. The lowest BCUT2D eigenvalue weighted by atomic mass is 9.84. The lowest BCUT2D eigenvalue weighted by Crippen LogP contribution is -2.29. The van der Waals surface area contributed by atoms with E-state index in [-0.39, 0.29) is 23.6 Å². The number of hydrogen-bond donors (Lipinski definition) is 2. The number of nitrogens with one attached hydrogen (secondary N) is 1. The maximum Gasteiger partial charge on any atom is 0.221 e. The summed E-state index contributed by atoms with van der Waals surface area (Å²) in [5.74, 6) is -1.15. The summed E-state index contributed by atoms with van der Waals surface area (Å²) < 4.78 is 13.1. The van der Waals surface area contributed by atoms with Crippen LogP contribution in [0.1, 0.15) is 24.1 Å². The molecule has 5 heteroatoms. The first-order chi connectivity index (χ1) is 11.0. The standard InChI is InChI=1S/C18H18FN3O/c1-11(12-4-6-14(19)7-5-12)16(17(20)23)10-15-9-13-3-2-8-21-18(13)22-15/h2-9,11,16H,10H2,1H3,(H2,20,23)(H,21,22)/t11-,16?/m1/s1.